The fraction of sp³-hybridized carbons (Fsp3) is 0.417. The van der Waals surface area contributed by atoms with Crippen molar-refractivity contribution >= 4 is 26.9 Å². The molecule has 1 heterocycles. The van der Waals surface area contributed by atoms with E-state index in [4.69, 9.17) is 16.3 Å². The van der Waals surface area contributed by atoms with Crippen LogP contribution in [0.2, 0.25) is 0 Å². The van der Waals surface area contributed by atoms with Crippen molar-refractivity contribution in [2.24, 2.45) is 0 Å². The Morgan fingerprint density at radius 3 is 2.47 bits per heavy atom. The quantitative estimate of drug-likeness (QED) is 0.797. The average molecular weight is 304 g/mol. The van der Waals surface area contributed by atoms with Crippen LogP contribution in [0.1, 0.15) is 23.2 Å². The van der Waals surface area contributed by atoms with Crippen molar-refractivity contribution in [1.29, 1.82) is 0 Å². The minimum atomic E-state index is -3.55. The first-order chi connectivity index (χ1) is 8.96. The van der Waals surface area contributed by atoms with Crippen molar-refractivity contribution in [3.05, 3.63) is 23.8 Å². The molecule has 5 nitrogen and oxygen atoms in total. The Balaban J connectivity index is 2.45. The average Bonchev–Trinajstić information content (AvgIpc) is 2.92. The first-order valence-corrected chi connectivity index (χ1v) is 7.66. The van der Waals surface area contributed by atoms with Gasteiger partial charge in [0.15, 0.2) is 0 Å². The molecule has 0 saturated carbocycles. The zero-order valence-electron chi connectivity index (χ0n) is 10.4. The van der Waals surface area contributed by atoms with Crippen LogP contribution in [0.3, 0.4) is 0 Å². The smallest absolute Gasteiger partial charge is 0.256 e. The summed E-state index contributed by atoms with van der Waals surface area (Å²) in [6.45, 7) is 1.02. The number of sulfonamides is 1. The van der Waals surface area contributed by atoms with Gasteiger partial charge in [-0.2, -0.15) is 4.31 Å². The first-order valence-electron chi connectivity index (χ1n) is 5.85. The Morgan fingerprint density at radius 2 is 1.95 bits per heavy atom. The summed E-state index contributed by atoms with van der Waals surface area (Å²) >= 11 is 5.44. The van der Waals surface area contributed by atoms with Crippen LogP contribution in [0.5, 0.6) is 5.75 Å². The Morgan fingerprint density at radius 1 is 1.32 bits per heavy atom. The van der Waals surface area contributed by atoms with Gasteiger partial charge in [0.2, 0.25) is 10.0 Å². The number of halogens is 1. The molecule has 1 fully saturated rings. The molecule has 19 heavy (non-hydrogen) atoms. The maximum Gasteiger partial charge on any atom is 0.256 e. The van der Waals surface area contributed by atoms with Crippen LogP contribution in [0, 0.1) is 0 Å². The number of carbonyl (C=O) groups excluding carboxylic acids is 1. The van der Waals surface area contributed by atoms with E-state index in [0.29, 0.717) is 13.1 Å². The molecule has 0 atom stereocenters. The second-order valence-corrected chi connectivity index (χ2v) is 6.53. The maximum atomic E-state index is 12.3. The summed E-state index contributed by atoms with van der Waals surface area (Å²) in [6.07, 6.45) is 1.72. The summed E-state index contributed by atoms with van der Waals surface area (Å²) in [4.78, 5) is 11.4. The Hall–Kier alpha value is -1.11. The number of ether oxygens (including phenoxy) is 1. The third kappa shape index (κ3) is 2.75. The molecule has 1 aliphatic rings. The molecule has 0 spiro atoms. The predicted molar refractivity (Wildman–Crippen MR) is 71.2 cm³/mol. The Labute approximate surface area is 117 Å². The summed E-state index contributed by atoms with van der Waals surface area (Å²) < 4.78 is 31.1. The highest BCUT2D eigenvalue weighted by Gasteiger charge is 2.28. The molecule has 0 N–H and O–H groups in total. The molecule has 0 bridgehead atoms. The normalized spacial score (nSPS) is 16.5. The molecule has 1 aromatic carbocycles. The molecule has 0 aromatic heterocycles. The third-order valence-electron chi connectivity index (χ3n) is 3.09. The van der Waals surface area contributed by atoms with Gasteiger partial charge < -0.3 is 4.74 Å². The van der Waals surface area contributed by atoms with Crippen LogP contribution >= 0.6 is 11.6 Å². The van der Waals surface area contributed by atoms with Gasteiger partial charge in [0.1, 0.15) is 5.75 Å². The van der Waals surface area contributed by atoms with Crippen molar-refractivity contribution in [2.75, 3.05) is 20.2 Å². The third-order valence-corrected chi connectivity index (χ3v) is 5.18. The highest BCUT2D eigenvalue weighted by Crippen LogP contribution is 2.27. The number of methoxy groups -OCH3 is 1. The number of hydrogen-bond acceptors (Lipinski definition) is 4. The Kier molecular flexibility index (Phi) is 4.13. The molecule has 7 heteroatoms. The van der Waals surface area contributed by atoms with Crippen molar-refractivity contribution in [3.63, 3.8) is 0 Å². The summed E-state index contributed by atoms with van der Waals surface area (Å²) in [5.41, 5.74) is 0.0597. The van der Waals surface area contributed by atoms with E-state index in [9.17, 15) is 13.2 Å². The van der Waals surface area contributed by atoms with Crippen molar-refractivity contribution in [1.82, 2.24) is 4.31 Å². The van der Waals surface area contributed by atoms with Crippen LogP contribution in [-0.2, 0) is 10.0 Å². The summed E-state index contributed by atoms with van der Waals surface area (Å²) in [5, 5.41) is -0.740. The highest BCUT2D eigenvalue weighted by atomic mass is 35.5. The van der Waals surface area contributed by atoms with E-state index in [1.807, 2.05) is 0 Å². The van der Waals surface area contributed by atoms with Crippen LogP contribution < -0.4 is 4.74 Å². The lowest BCUT2D eigenvalue weighted by Crippen LogP contribution is -2.28. The molecule has 1 aromatic rings. The van der Waals surface area contributed by atoms with Gasteiger partial charge in [0, 0.05) is 13.1 Å². The van der Waals surface area contributed by atoms with E-state index in [2.05, 4.69) is 0 Å². The fourth-order valence-electron chi connectivity index (χ4n) is 2.08. The molecule has 0 radical (unpaired) electrons. The van der Waals surface area contributed by atoms with E-state index >= 15 is 0 Å². The van der Waals surface area contributed by atoms with Gasteiger partial charge in [-0.15, -0.1) is 0 Å². The SMILES string of the molecule is COc1ccc(S(=O)(=O)N2CCCC2)cc1C(=O)Cl. The zero-order valence-corrected chi connectivity index (χ0v) is 12.0. The van der Waals surface area contributed by atoms with Crippen molar-refractivity contribution in [2.45, 2.75) is 17.7 Å². The fourth-order valence-corrected chi connectivity index (χ4v) is 3.77. The molecular weight excluding hydrogens is 290 g/mol. The van der Waals surface area contributed by atoms with E-state index in [-0.39, 0.29) is 16.2 Å². The summed E-state index contributed by atoms with van der Waals surface area (Å²) in [5.74, 6) is 0.264. The van der Waals surface area contributed by atoms with E-state index in [1.54, 1.807) is 0 Å². The number of rotatable bonds is 4. The van der Waals surface area contributed by atoms with Crippen LogP contribution in [0.15, 0.2) is 23.1 Å². The minimum absolute atomic E-state index is 0.0597. The number of benzene rings is 1. The molecule has 1 saturated heterocycles. The van der Waals surface area contributed by atoms with Gasteiger partial charge in [0.05, 0.1) is 17.6 Å². The van der Waals surface area contributed by atoms with Gasteiger partial charge >= 0.3 is 0 Å². The van der Waals surface area contributed by atoms with Crippen LogP contribution in [0.25, 0.3) is 0 Å². The van der Waals surface area contributed by atoms with E-state index < -0.39 is 15.3 Å². The summed E-state index contributed by atoms with van der Waals surface area (Å²) in [7, 11) is -2.16. The monoisotopic (exact) mass is 303 g/mol. The topological polar surface area (TPSA) is 63.7 Å². The maximum absolute atomic E-state index is 12.3. The van der Waals surface area contributed by atoms with Gasteiger partial charge in [-0.25, -0.2) is 8.42 Å². The standard InChI is InChI=1S/C12H14ClNO4S/c1-18-11-5-4-9(8-10(11)12(13)15)19(16,17)14-6-2-3-7-14/h4-5,8H,2-3,6-7H2,1H3. The largest absolute Gasteiger partial charge is 0.496 e. The molecule has 1 aliphatic heterocycles. The zero-order chi connectivity index (χ0) is 14.0. The van der Waals surface area contributed by atoms with Gasteiger partial charge in [-0.05, 0) is 42.6 Å². The summed E-state index contributed by atoms with van der Waals surface area (Å²) in [6, 6.07) is 4.14. The lowest BCUT2D eigenvalue weighted by molar-refractivity contribution is 0.107. The predicted octanol–water partition coefficient (Wildman–Crippen LogP) is 1.86. The van der Waals surface area contributed by atoms with E-state index in [0.717, 1.165) is 12.8 Å². The number of nitrogens with zero attached hydrogens (tertiary/aromatic N) is 1. The lowest BCUT2D eigenvalue weighted by atomic mass is 10.2. The van der Waals surface area contributed by atoms with Gasteiger partial charge in [-0.3, -0.25) is 4.79 Å². The van der Waals surface area contributed by atoms with Crippen LogP contribution in [-0.4, -0.2) is 38.2 Å². The molecule has 104 valence electrons. The van der Waals surface area contributed by atoms with Gasteiger partial charge in [-0.1, -0.05) is 0 Å². The molecule has 0 amide bonds. The van der Waals surface area contributed by atoms with Crippen molar-refractivity contribution in [3.8, 4) is 5.75 Å². The van der Waals surface area contributed by atoms with E-state index in [1.165, 1.54) is 29.6 Å². The molecule has 0 aliphatic carbocycles. The lowest BCUT2D eigenvalue weighted by Gasteiger charge is -2.16. The Bertz CT molecular complexity index is 594. The molecular formula is C12H14ClNO4S. The van der Waals surface area contributed by atoms with Crippen LogP contribution in [0.4, 0.5) is 0 Å². The van der Waals surface area contributed by atoms with Crippen molar-refractivity contribution < 1.29 is 17.9 Å². The molecule has 2 rings (SSSR count). The number of hydrogen-bond donors (Lipinski definition) is 0. The number of carbonyl (C=O) groups is 1. The second kappa shape index (κ2) is 5.48. The molecule has 0 unspecified atom stereocenters. The second-order valence-electron chi connectivity index (χ2n) is 4.25. The minimum Gasteiger partial charge on any atom is -0.496 e. The first kappa shape index (κ1) is 14.3. The van der Waals surface area contributed by atoms with Gasteiger partial charge in [0.25, 0.3) is 5.24 Å². The highest BCUT2D eigenvalue weighted by molar-refractivity contribution is 7.89.